The molecule has 0 unspecified atom stereocenters. The molecular weight excluding hydrogens is 222 g/mol. The lowest BCUT2D eigenvalue weighted by atomic mass is 10.6. The van der Waals surface area contributed by atoms with Crippen LogP contribution < -0.4 is 10.1 Å². The SMILES string of the molecule is CCOc1nc(NC)ncc1Br. The van der Waals surface area contributed by atoms with Gasteiger partial charge in [-0.05, 0) is 22.9 Å². The highest BCUT2D eigenvalue weighted by Gasteiger charge is 2.03. The summed E-state index contributed by atoms with van der Waals surface area (Å²) in [6.07, 6.45) is 1.66. The number of anilines is 1. The Morgan fingerprint density at radius 2 is 2.42 bits per heavy atom. The monoisotopic (exact) mass is 231 g/mol. The van der Waals surface area contributed by atoms with Crippen LogP contribution in [0.15, 0.2) is 10.7 Å². The predicted octanol–water partition coefficient (Wildman–Crippen LogP) is 1.68. The fourth-order valence-electron chi connectivity index (χ4n) is 0.710. The highest BCUT2D eigenvalue weighted by molar-refractivity contribution is 9.10. The first-order valence-electron chi connectivity index (χ1n) is 3.61. The quantitative estimate of drug-likeness (QED) is 0.861. The van der Waals surface area contributed by atoms with Crippen molar-refractivity contribution in [2.75, 3.05) is 19.0 Å². The van der Waals surface area contributed by atoms with E-state index < -0.39 is 0 Å². The second kappa shape index (κ2) is 4.25. The molecule has 0 spiro atoms. The summed E-state index contributed by atoms with van der Waals surface area (Å²) >= 11 is 3.28. The molecule has 0 aliphatic rings. The third kappa shape index (κ3) is 2.07. The molecule has 0 atom stereocenters. The minimum Gasteiger partial charge on any atom is -0.477 e. The van der Waals surface area contributed by atoms with Gasteiger partial charge in [-0.2, -0.15) is 4.98 Å². The Bertz CT molecular complexity index is 267. The normalized spacial score (nSPS) is 9.58. The lowest BCUT2D eigenvalue weighted by Gasteiger charge is -2.05. The summed E-state index contributed by atoms with van der Waals surface area (Å²) < 4.78 is 6.01. The van der Waals surface area contributed by atoms with Gasteiger partial charge in [0, 0.05) is 7.05 Å². The summed E-state index contributed by atoms with van der Waals surface area (Å²) in [5.74, 6) is 1.12. The summed E-state index contributed by atoms with van der Waals surface area (Å²) in [6.45, 7) is 2.51. The maximum atomic E-state index is 5.24. The Labute approximate surface area is 79.5 Å². The van der Waals surface area contributed by atoms with Crippen molar-refractivity contribution in [3.8, 4) is 5.88 Å². The van der Waals surface area contributed by atoms with Crippen LogP contribution in [-0.2, 0) is 0 Å². The molecule has 1 rings (SSSR count). The number of ether oxygens (including phenoxy) is 1. The molecule has 1 aromatic heterocycles. The average Bonchev–Trinajstić information content (AvgIpc) is 2.09. The number of rotatable bonds is 3. The van der Waals surface area contributed by atoms with E-state index in [1.54, 1.807) is 13.2 Å². The molecule has 5 heteroatoms. The van der Waals surface area contributed by atoms with Crippen LogP contribution in [0.5, 0.6) is 5.88 Å². The molecule has 0 fully saturated rings. The highest BCUT2D eigenvalue weighted by atomic mass is 79.9. The van der Waals surface area contributed by atoms with Gasteiger partial charge in [-0.3, -0.25) is 0 Å². The lowest BCUT2D eigenvalue weighted by molar-refractivity contribution is 0.324. The molecule has 0 aromatic carbocycles. The highest BCUT2D eigenvalue weighted by Crippen LogP contribution is 2.21. The summed E-state index contributed by atoms with van der Waals surface area (Å²) in [5.41, 5.74) is 0. The third-order valence-electron chi connectivity index (χ3n) is 1.22. The van der Waals surface area contributed by atoms with Crippen molar-refractivity contribution in [3.05, 3.63) is 10.7 Å². The summed E-state index contributed by atoms with van der Waals surface area (Å²) in [6, 6.07) is 0. The molecule has 0 saturated carbocycles. The number of nitrogens with zero attached hydrogens (tertiary/aromatic N) is 2. The average molecular weight is 232 g/mol. The molecule has 0 saturated heterocycles. The van der Waals surface area contributed by atoms with E-state index in [0.717, 1.165) is 4.47 Å². The maximum absolute atomic E-state index is 5.24. The Morgan fingerprint density at radius 3 is 3.00 bits per heavy atom. The summed E-state index contributed by atoms with van der Waals surface area (Å²) in [7, 11) is 1.76. The van der Waals surface area contributed by atoms with Gasteiger partial charge in [0.15, 0.2) is 0 Å². The molecule has 0 aliphatic heterocycles. The van der Waals surface area contributed by atoms with E-state index in [2.05, 4.69) is 31.2 Å². The van der Waals surface area contributed by atoms with Crippen LogP contribution in [0.2, 0.25) is 0 Å². The first-order chi connectivity index (χ1) is 5.77. The van der Waals surface area contributed by atoms with E-state index in [9.17, 15) is 0 Å². The predicted molar refractivity (Wildman–Crippen MR) is 50.4 cm³/mol. The van der Waals surface area contributed by atoms with Gasteiger partial charge in [-0.15, -0.1) is 0 Å². The fraction of sp³-hybridized carbons (Fsp3) is 0.429. The van der Waals surface area contributed by atoms with E-state index in [4.69, 9.17) is 4.74 Å². The molecule has 1 aromatic rings. The molecule has 0 bridgehead atoms. The second-order valence-electron chi connectivity index (χ2n) is 2.03. The van der Waals surface area contributed by atoms with Gasteiger partial charge in [-0.1, -0.05) is 0 Å². The molecule has 1 heterocycles. The largest absolute Gasteiger partial charge is 0.477 e. The van der Waals surface area contributed by atoms with Crippen molar-refractivity contribution >= 4 is 21.9 Å². The molecule has 12 heavy (non-hydrogen) atoms. The molecule has 66 valence electrons. The van der Waals surface area contributed by atoms with Crippen LogP contribution in [0.25, 0.3) is 0 Å². The second-order valence-corrected chi connectivity index (χ2v) is 2.88. The molecule has 0 aliphatic carbocycles. The Morgan fingerprint density at radius 1 is 1.67 bits per heavy atom. The van der Waals surface area contributed by atoms with Crippen molar-refractivity contribution in [1.29, 1.82) is 0 Å². The lowest BCUT2D eigenvalue weighted by Crippen LogP contribution is -2.00. The minimum atomic E-state index is 0.557. The van der Waals surface area contributed by atoms with Crippen LogP contribution >= 0.6 is 15.9 Å². The third-order valence-corrected chi connectivity index (χ3v) is 1.76. The van der Waals surface area contributed by atoms with E-state index in [1.165, 1.54) is 0 Å². The van der Waals surface area contributed by atoms with Crippen LogP contribution in [-0.4, -0.2) is 23.6 Å². The van der Waals surface area contributed by atoms with Gasteiger partial charge in [0.05, 0.1) is 17.3 Å². The fourth-order valence-corrected chi connectivity index (χ4v) is 1.02. The Balaban J connectivity index is 2.91. The molecule has 0 radical (unpaired) electrons. The minimum absolute atomic E-state index is 0.557. The molecule has 1 N–H and O–H groups in total. The molecular formula is C7H10BrN3O. The zero-order chi connectivity index (χ0) is 8.97. The molecule has 0 amide bonds. The van der Waals surface area contributed by atoms with E-state index in [0.29, 0.717) is 18.4 Å². The first kappa shape index (κ1) is 9.25. The van der Waals surface area contributed by atoms with E-state index >= 15 is 0 Å². The van der Waals surface area contributed by atoms with Crippen LogP contribution in [0.1, 0.15) is 6.92 Å². The summed E-state index contributed by atoms with van der Waals surface area (Å²) in [4.78, 5) is 8.08. The van der Waals surface area contributed by atoms with E-state index in [-0.39, 0.29) is 0 Å². The summed E-state index contributed by atoms with van der Waals surface area (Å²) in [5, 5.41) is 2.83. The number of aromatic nitrogens is 2. The van der Waals surface area contributed by atoms with Crippen molar-refractivity contribution in [1.82, 2.24) is 9.97 Å². The van der Waals surface area contributed by atoms with Gasteiger partial charge < -0.3 is 10.1 Å². The number of nitrogens with one attached hydrogen (secondary N) is 1. The van der Waals surface area contributed by atoms with E-state index in [1.807, 2.05) is 6.92 Å². The van der Waals surface area contributed by atoms with Crippen molar-refractivity contribution in [2.24, 2.45) is 0 Å². The van der Waals surface area contributed by atoms with Crippen LogP contribution in [0.3, 0.4) is 0 Å². The van der Waals surface area contributed by atoms with Gasteiger partial charge in [-0.25, -0.2) is 4.98 Å². The number of halogens is 1. The number of hydrogen-bond donors (Lipinski definition) is 1. The van der Waals surface area contributed by atoms with Gasteiger partial charge >= 0.3 is 0 Å². The standard InChI is InChI=1S/C7H10BrN3O/c1-3-12-6-5(8)4-10-7(9-2)11-6/h4H,3H2,1-2H3,(H,9,10,11). The van der Waals surface area contributed by atoms with Crippen LogP contribution in [0.4, 0.5) is 5.95 Å². The van der Waals surface area contributed by atoms with Crippen molar-refractivity contribution in [3.63, 3.8) is 0 Å². The zero-order valence-electron chi connectivity index (χ0n) is 6.97. The first-order valence-corrected chi connectivity index (χ1v) is 4.40. The Hall–Kier alpha value is -0.840. The number of hydrogen-bond acceptors (Lipinski definition) is 4. The molecule has 4 nitrogen and oxygen atoms in total. The van der Waals surface area contributed by atoms with Gasteiger partial charge in [0.1, 0.15) is 0 Å². The Kier molecular flexibility index (Phi) is 3.28. The van der Waals surface area contributed by atoms with Crippen LogP contribution in [0, 0.1) is 0 Å². The van der Waals surface area contributed by atoms with Crippen molar-refractivity contribution in [2.45, 2.75) is 6.92 Å². The van der Waals surface area contributed by atoms with Crippen molar-refractivity contribution < 1.29 is 4.74 Å². The smallest absolute Gasteiger partial charge is 0.232 e. The van der Waals surface area contributed by atoms with Gasteiger partial charge in [0.2, 0.25) is 11.8 Å². The maximum Gasteiger partial charge on any atom is 0.232 e. The zero-order valence-corrected chi connectivity index (χ0v) is 8.55. The van der Waals surface area contributed by atoms with Gasteiger partial charge in [0.25, 0.3) is 0 Å². The topological polar surface area (TPSA) is 47.0 Å².